The highest BCUT2D eigenvalue weighted by Gasteiger charge is 2.11. The topological polar surface area (TPSA) is 55.1 Å². The highest BCUT2D eigenvalue weighted by Crippen LogP contribution is 2.24. The highest BCUT2D eigenvalue weighted by atomic mass is 127. The number of benzene rings is 2. The molecule has 0 saturated carbocycles. The molecular formula is C14H12ClIN2O. The number of hydrogen-bond acceptors (Lipinski definition) is 2. The Kier molecular flexibility index (Phi) is 4.31. The number of carbonyl (C=O) groups excluding carboxylic acids is 1. The summed E-state index contributed by atoms with van der Waals surface area (Å²) in [7, 11) is 0. The molecule has 98 valence electrons. The predicted octanol–water partition coefficient (Wildman–Crippen LogP) is 4.09. The van der Waals surface area contributed by atoms with Crippen LogP contribution >= 0.6 is 34.2 Å². The zero-order valence-corrected chi connectivity index (χ0v) is 13.1. The van der Waals surface area contributed by atoms with Crippen molar-refractivity contribution >= 4 is 51.5 Å². The van der Waals surface area contributed by atoms with Crippen LogP contribution in [0.4, 0.5) is 11.4 Å². The van der Waals surface area contributed by atoms with Gasteiger partial charge in [0.2, 0.25) is 0 Å². The summed E-state index contributed by atoms with van der Waals surface area (Å²) in [6, 6.07) is 10.7. The van der Waals surface area contributed by atoms with Crippen LogP contribution in [0.2, 0.25) is 5.02 Å². The number of hydrogen-bond donors (Lipinski definition) is 2. The minimum atomic E-state index is -0.158. The lowest BCUT2D eigenvalue weighted by Gasteiger charge is -2.09. The van der Waals surface area contributed by atoms with Crippen molar-refractivity contribution in [2.45, 2.75) is 6.92 Å². The number of halogens is 2. The maximum Gasteiger partial charge on any atom is 0.256 e. The molecular weight excluding hydrogens is 375 g/mol. The van der Waals surface area contributed by atoms with Gasteiger partial charge in [0, 0.05) is 9.26 Å². The number of rotatable bonds is 2. The summed E-state index contributed by atoms with van der Waals surface area (Å²) in [6.07, 6.45) is 0. The van der Waals surface area contributed by atoms with Crippen molar-refractivity contribution in [3.05, 3.63) is 56.1 Å². The first kappa shape index (κ1) is 14.1. The van der Waals surface area contributed by atoms with Crippen LogP contribution in [0, 0.1) is 10.5 Å². The van der Waals surface area contributed by atoms with Gasteiger partial charge in [0.25, 0.3) is 5.91 Å². The Morgan fingerprint density at radius 3 is 2.74 bits per heavy atom. The average Bonchev–Trinajstić information content (AvgIpc) is 2.37. The van der Waals surface area contributed by atoms with E-state index in [1.165, 1.54) is 0 Å². The van der Waals surface area contributed by atoms with Crippen molar-refractivity contribution < 1.29 is 4.79 Å². The molecule has 0 bridgehead atoms. The van der Waals surface area contributed by atoms with E-state index in [1.807, 2.05) is 19.1 Å². The highest BCUT2D eigenvalue weighted by molar-refractivity contribution is 14.1. The molecule has 0 aromatic heterocycles. The molecule has 0 aliphatic heterocycles. The van der Waals surface area contributed by atoms with E-state index in [0.717, 1.165) is 9.13 Å². The molecule has 2 aromatic rings. The maximum atomic E-state index is 12.2. The van der Waals surface area contributed by atoms with E-state index in [-0.39, 0.29) is 5.91 Å². The zero-order valence-electron chi connectivity index (χ0n) is 10.2. The lowest BCUT2D eigenvalue weighted by molar-refractivity contribution is 0.102. The first-order valence-corrected chi connectivity index (χ1v) is 7.06. The minimum absolute atomic E-state index is 0.158. The standard InChI is InChI=1S/C14H12ClIN2O/c1-8-3-2-4-10(13(8)16)14(19)18-9-5-6-12(17)11(15)7-9/h2-7H,17H2,1H3,(H,18,19). The van der Waals surface area contributed by atoms with Crippen molar-refractivity contribution in [2.75, 3.05) is 11.1 Å². The molecule has 3 nitrogen and oxygen atoms in total. The molecule has 5 heteroatoms. The Labute approximate surface area is 130 Å². The van der Waals surface area contributed by atoms with Gasteiger partial charge in [-0.25, -0.2) is 0 Å². The predicted molar refractivity (Wildman–Crippen MR) is 87.7 cm³/mol. The molecule has 0 spiro atoms. The Balaban J connectivity index is 2.26. The minimum Gasteiger partial charge on any atom is -0.398 e. The molecule has 0 fully saturated rings. The number of carbonyl (C=O) groups is 1. The van der Waals surface area contributed by atoms with Crippen LogP contribution in [-0.2, 0) is 0 Å². The van der Waals surface area contributed by atoms with Gasteiger partial charge < -0.3 is 11.1 Å². The average molecular weight is 387 g/mol. The molecule has 3 N–H and O–H groups in total. The summed E-state index contributed by atoms with van der Waals surface area (Å²) in [4.78, 5) is 12.2. The van der Waals surface area contributed by atoms with Crippen LogP contribution in [0.25, 0.3) is 0 Å². The van der Waals surface area contributed by atoms with Crippen LogP contribution in [0.1, 0.15) is 15.9 Å². The molecule has 0 heterocycles. The van der Waals surface area contributed by atoms with Crippen LogP contribution in [0.3, 0.4) is 0 Å². The number of amides is 1. The normalized spacial score (nSPS) is 10.3. The van der Waals surface area contributed by atoms with Gasteiger partial charge in [0.1, 0.15) is 0 Å². The third kappa shape index (κ3) is 3.19. The van der Waals surface area contributed by atoms with Gasteiger partial charge in [-0.05, 0) is 59.3 Å². The number of aryl methyl sites for hydroxylation is 1. The molecule has 2 rings (SSSR count). The van der Waals surface area contributed by atoms with Gasteiger partial charge in [-0.2, -0.15) is 0 Å². The fourth-order valence-electron chi connectivity index (χ4n) is 1.63. The second-order valence-electron chi connectivity index (χ2n) is 4.13. The monoisotopic (exact) mass is 386 g/mol. The SMILES string of the molecule is Cc1cccc(C(=O)Nc2ccc(N)c(Cl)c2)c1I. The third-order valence-corrected chi connectivity index (χ3v) is 4.45. The van der Waals surface area contributed by atoms with Crippen molar-refractivity contribution in [1.82, 2.24) is 0 Å². The van der Waals surface area contributed by atoms with Crippen LogP contribution in [0.5, 0.6) is 0 Å². The number of nitrogens with one attached hydrogen (secondary N) is 1. The van der Waals surface area contributed by atoms with Gasteiger partial charge >= 0.3 is 0 Å². The van der Waals surface area contributed by atoms with E-state index < -0.39 is 0 Å². The molecule has 1 amide bonds. The summed E-state index contributed by atoms with van der Waals surface area (Å²) in [5, 5.41) is 3.24. The molecule has 0 unspecified atom stereocenters. The lowest BCUT2D eigenvalue weighted by atomic mass is 10.1. The largest absolute Gasteiger partial charge is 0.398 e. The Morgan fingerprint density at radius 1 is 1.32 bits per heavy atom. The summed E-state index contributed by atoms with van der Waals surface area (Å²) in [5.41, 5.74) is 8.47. The van der Waals surface area contributed by atoms with Gasteiger partial charge in [-0.3, -0.25) is 4.79 Å². The van der Waals surface area contributed by atoms with Crippen molar-refractivity contribution in [3.63, 3.8) is 0 Å². The van der Waals surface area contributed by atoms with Gasteiger partial charge in [-0.1, -0.05) is 23.7 Å². The summed E-state index contributed by atoms with van der Waals surface area (Å²) >= 11 is 8.09. The fourth-order valence-corrected chi connectivity index (χ4v) is 2.41. The van der Waals surface area contributed by atoms with E-state index >= 15 is 0 Å². The van der Waals surface area contributed by atoms with Crippen molar-refractivity contribution in [2.24, 2.45) is 0 Å². The molecule has 0 saturated heterocycles. The fraction of sp³-hybridized carbons (Fsp3) is 0.0714. The van der Waals surface area contributed by atoms with E-state index in [1.54, 1.807) is 24.3 Å². The maximum absolute atomic E-state index is 12.2. The summed E-state index contributed by atoms with van der Waals surface area (Å²) in [5.74, 6) is -0.158. The number of anilines is 2. The van der Waals surface area contributed by atoms with Crippen LogP contribution in [0.15, 0.2) is 36.4 Å². The molecule has 0 radical (unpaired) electrons. The molecule has 0 aliphatic rings. The molecule has 0 atom stereocenters. The molecule has 0 aliphatic carbocycles. The van der Waals surface area contributed by atoms with E-state index in [0.29, 0.717) is 22.0 Å². The van der Waals surface area contributed by atoms with Crippen LogP contribution in [-0.4, -0.2) is 5.91 Å². The van der Waals surface area contributed by atoms with Crippen LogP contribution < -0.4 is 11.1 Å². The van der Waals surface area contributed by atoms with Gasteiger partial charge in [-0.15, -0.1) is 0 Å². The third-order valence-electron chi connectivity index (χ3n) is 2.69. The van der Waals surface area contributed by atoms with Crippen molar-refractivity contribution in [1.29, 1.82) is 0 Å². The second kappa shape index (κ2) is 5.79. The summed E-state index contributed by atoms with van der Waals surface area (Å²) < 4.78 is 0.944. The zero-order chi connectivity index (χ0) is 14.0. The van der Waals surface area contributed by atoms with Crippen molar-refractivity contribution in [3.8, 4) is 0 Å². The quantitative estimate of drug-likeness (QED) is 0.603. The Bertz CT molecular complexity index is 643. The van der Waals surface area contributed by atoms with E-state index in [2.05, 4.69) is 27.9 Å². The first-order chi connectivity index (χ1) is 8.99. The second-order valence-corrected chi connectivity index (χ2v) is 5.61. The summed E-state index contributed by atoms with van der Waals surface area (Å²) in [6.45, 7) is 1.97. The lowest BCUT2D eigenvalue weighted by Crippen LogP contribution is -2.14. The van der Waals surface area contributed by atoms with E-state index in [4.69, 9.17) is 17.3 Å². The van der Waals surface area contributed by atoms with Gasteiger partial charge in [0.15, 0.2) is 0 Å². The Morgan fingerprint density at radius 2 is 2.05 bits per heavy atom. The smallest absolute Gasteiger partial charge is 0.256 e. The molecule has 19 heavy (non-hydrogen) atoms. The van der Waals surface area contributed by atoms with E-state index in [9.17, 15) is 4.79 Å². The first-order valence-electron chi connectivity index (χ1n) is 5.60. The Hall–Kier alpha value is -1.27. The molecule has 2 aromatic carbocycles. The van der Waals surface area contributed by atoms with Gasteiger partial charge in [0.05, 0.1) is 16.3 Å². The number of nitrogen functional groups attached to an aromatic ring is 1. The number of nitrogens with two attached hydrogens (primary N) is 1.